The normalized spacial score (nSPS) is 15.3. The van der Waals surface area contributed by atoms with Crippen molar-refractivity contribution in [1.82, 2.24) is 5.32 Å². The maximum atomic E-state index is 12.9. The number of rotatable bonds is 3. The smallest absolute Gasteiger partial charge is 0.335 e. The Balaban J connectivity index is 1.65. The Kier molecular flexibility index (Phi) is 4.92. The standard InChI is InChI=1S/C22H12ClN3O4/c23-15-5-7-16(8-6-15)26-21(28)18(20(27)25-22(26)29)11-17-9-10-19(30-17)14-3-1-13(12-24)2-4-14/h1-11H,(H,25,27,29)/b18-11+. The van der Waals surface area contributed by atoms with Crippen molar-refractivity contribution < 1.29 is 18.8 Å². The zero-order valence-electron chi connectivity index (χ0n) is 15.3. The van der Waals surface area contributed by atoms with Gasteiger partial charge in [-0.3, -0.25) is 14.9 Å². The third-order valence-electron chi connectivity index (χ3n) is 4.40. The van der Waals surface area contributed by atoms with Crippen molar-refractivity contribution in [3.05, 3.63) is 82.6 Å². The number of halogens is 1. The number of hydrogen-bond acceptors (Lipinski definition) is 5. The van der Waals surface area contributed by atoms with Gasteiger partial charge in [-0.25, -0.2) is 9.69 Å². The van der Waals surface area contributed by atoms with Crippen LogP contribution >= 0.6 is 11.6 Å². The number of benzene rings is 2. The summed E-state index contributed by atoms with van der Waals surface area (Å²) < 4.78 is 5.71. The SMILES string of the molecule is N#Cc1ccc(-c2ccc(/C=C3\C(=O)NC(=O)N(c4ccc(Cl)cc4)C3=O)o2)cc1. The summed E-state index contributed by atoms with van der Waals surface area (Å²) in [4.78, 5) is 38.2. The van der Waals surface area contributed by atoms with Crippen LogP contribution in [0.5, 0.6) is 0 Å². The average Bonchev–Trinajstić information content (AvgIpc) is 3.21. The second-order valence-electron chi connectivity index (χ2n) is 6.33. The van der Waals surface area contributed by atoms with Gasteiger partial charge in [-0.1, -0.05) is 11.6 Å². The van der Waals surface area contributed by atoms with Gasteiger partial charge in [-0.2, -0.15) is 5.26 Å². The van der Waals surface area contributed by atoms with Gasteiger partial charge in [0.15, 0.2) is 0 Å². The fourth-order valence-corrected chi connectivity index (χ4v) is 3.04. The summed E-state index contributed by atoms with van der Waals surface area (Å²) in [6.45, 7) is 0. The molecule has 0 saturated carbocycles. The Labute approximate surface area is 175 Å². The molecule has 0 atom stereocenters. The molecule has 0 bridgehead atoms. The van der Waals surface area contributed by atoms with Crippen molar-refractivity contribution in [3.63, 3.8) is 0 Å². The molecule has 0 radical (unpaired) electrons. The largest absolute Gasteiger partial charge is 0.457 e. The first kappa shape index (κ1) is 19.2. The Hall–Kier alpha value is -4.15. The summed E-state index contributed by atoms with van der Waals surface area (Å²) >= 11 is 5.85. The molecule has 8 heteroatoms. The number of anilines is 1. The minimum absolute atomic E-state index is 0.245. The minimum atomic E-state index is -0.845. The summed E-state index contributed by atoms with van der Waals surface area (Å²) in [6, 6.07) is 17.3. The van der Waals surface area contributed by atoms with Gasteiger partial charge in [0.05, 0.1) is 17.3 Å². The number of nitrogens with one attached hydrogen (secondary N) is 1. The molecule has 2 aromatic carbocycles. The van der Waals surface area contributed by atoms with Crippen molar-refractivity contribution in [2.24, 2.45) is 0 Å². The van der Waals surface area contributed by atoms with Crippen molar-refractivity contribution in [1.29, 1.82) is 5.26 Å². The molecule has 0 unspecified atom stereocenters. The van der Waals surface area contributed by atoms with E-state index in [2.05, 4.69) is 5.32 Å². The second-order valence-corrected chi connectivity index (χ2v) is 6.76. The van der Waals surface area contributed by atoms with Crippen molar-refractivity contribution in [2.75, 3.05) is 4.90 Å². The number of nitrogens with zero attached hydrogens (tertiary/aromatic N) is 2. The molecule has 2 heterocycles. The highest BCUT2D eigenvalue weighted by Gasteiger charge is 2.37. The molecule has 30 heavy (non-hydrogen) atoms. The third-order valence-corrected chi connectivity index (χ3v) is 4.65. The van der Waals surface area contributed by atoms with E-state index in [1.807, 2.05) is 6.07 Å². The first-order valence-corrected chi connectivity index (χ1v) is 9.11. The van der Waals surface area contributed by atoms with Crippen LogP contribution in [0.15, 0.2) is 70.7 Å². The topological polar surface area (TPSA) is 103 Å². The highest BCUT2D eigenvalue weighted by molar-refractivity contribution is 6.39. The van der Waals surface area contributed by atoms with Crippen LogP contribution in [0.4, 0.5) is 10.5 Å². The van der Waals surface area contributed by atoms with Crippen LogP contribution in [-0.2, 0) is 9.59 Å². The highest BCUT2D eigenvalue weighted by atomic mass is 35.5. The van der Waals surface area contributed by atoms with Crippen LogP contribution in [0.25, 0.3) is 17.4 Å². The first-order valence-electron chi connectivity index (χ1n) is 8.73. The van der Waals surface area contributed by atoms with Crippen LogP contribution < -0.4 is 10.2 Å². The van der Waals surface area contributed by atoms with E-state index in [9.17, 15) is 14.4 Å². The molecule has 1 aromatic heterocycles. The van der Waals surface area contributed by atoms with E-state index in [1.54, 1.807) is 36.4 Å². The lowest BCUT2D eigenvalue weighted by atomic mass is 10.1. The quantitative estimate of drug-likeness (QED) is 0.509. The van der Waals surface area contributed by atoms with Gasteiger partial charge in [0, 0.05) is 10.6 Å². The van der Waals surface area contributed by atoms with E-state index < -0.39 is 17.8 Å². The molecule has 3 aromatic rings. The number of carbonyl (C=O) groups is 3. The Morgan fingerprint density at radius 1 is 0.967 bits per heavy atom. The molecule has 0 aliphatic carbocycles. The van der Waals surface area contributed by atoms with E-state index in [1.165, 1.54) is 30.3 Å². The molecule has 146 valence electrons. The van der Waals surface area contributed by atoms with Gasteiger partial charge in [0.2, 0.25) is 0 Å². The number of nitriles is 1. The van der Waals surface area contributed by atoms with Crippen LogP contribution in [0.3, 0.4) is 0 Å². The number of barbiturate groups is 1. The van der Waals surface area contributed by atoms with Crippen LogP contribution in [0.2, 0.25) is 5.02 Å². The number of hydrogen-bond donors (Lipinski definition) is 1. The summed E-state index contributed by atoms with van der Waals surface area (Å²) in [5.41, 5.74) is 1.28. The second kappa shape index (κ2) is 7.70. The summed E-state index contributed by atoms with van der Waals surface area (Å²) in [6.07, 6.45) is 1.28. The van der Waals surface area contributed by atoms with Crippen molar-refractivity contribution in [2.45, 2.75) is 0 Å². The molecule has 4 rings (SSSR count). The number of carbonyl (C=O) groups excluding carboxylic acids is 3. The molecule has 1 aliphatic rings. The maximum Gasteiger partial charge on any atom is 0.335 e. The zero-order valence-corrected chi connectivity index (χ0v) is 16.0. The Bertz CT molecular complexity index is 1230. The van der Waals surface area contributed by atoms with Gasteiger partial charge in [-0.15, -0.1) is 0 Å². The van der Waals surface area contributed by atoms with Gasteiger partial charge >= 0.3 is 6.03 Å². The predicted octanol–water partition coefficient (Wildman–Crippen LogP) is 4.14. The zero-order chi connectivity index (χ0) is 21.3. The molecule has 1 saturated heterocycles. The van der Waals surface area contributed by atoms with Gasteiger partial charge < -0.3 is 4.42 Å². The fraction of sp³-hybridized carbons (Fsp3) is 0. The lowest BCUT2D eigenvalue weighted by molar-refractivity contribution is -0.122. The lowest BCUT2D eigenvalue weighted by Crippen LogP contribution is -2.54. The fourth-order valence-electron chi connectivity index (χ4n) is 2.92. The van der Waals surface area contributed by atoms with E-state index in [0.717, 1.165) is 10.5 Å². The monoisotopic (exact) mass is 417 g/mol. The summed E-state index contributed by atoms with van der Waals surface area (Å²) in [5.74, 6) is -0.826. The van der Waals surface area contributed by atoms with Crippen LogP contribution in [-0.4, -0.2) is 17.8 Å². The van der Waals surface area contributed by atoms with E-state index in [-0.39, 0.29) is 17.0 Å². The molecule has 4 amide bonds. The van der Waals surface area contributed by atoms with Crippen LogP contribution in [0.1, 0.15) is 11.3 Å². The molecule has 1 fully saturated rings. The number of imide groups is 2. The number of urea groups is 1. The van der Waals surface area contributed by atoms with E-state index in [0.29, 0.717) is 16.3 Å². The van der Waals surface area contributed by atoms with Gasteiger partial charge in [-0.05, 0) is 66.7 Å². The minimum Gasteiger partial charge on any atom is -0.457 e. The first-order chi connectivity index (χ1) is 14.5. The van der Waals surface area contributed by atoms with Crippen molar-refractivity contribution in [3.8, 4) is 17.4 Å². The van der Waals surface area contributed by atoms with Gasteiger partial charge in [0.25, 0.3) is 11.8 Å². The van der Waals surface area contributed by atoms with Crippen LogP contribution in [0, 0.1) is 11.3 Å². The molecule has 7 nitrogen and oxygen atoms in total. The Morgan fingerprint density at radius 2 is 1.67 bits per heavy atom. The maximum absolute atomic E-state index is 12.9. The third kappa shape index (κ3) is 3.60. The summed E-state index contributed by atoms with van der Waals surface area (Å²) in [7, 11) is 0. The summed E-state index contributed by atoms with van der Waals surface area (Å²) in [5, 5.41) is 11.5. The van der Waals surface area contributed by atoms with Gasteiger partial charge in [0.1, 0.15) is 17.1 Å². The predicted molar refractivity (Wildman–Crippen MR) is 109 cm³/mol. The van der Waals surface area contributed by atoms with E-state index >= 15 is 0 Å². The molecule has 0 spiro atoms. The molecule has 1 aliphatic heterocycles. The highest BCUT2D eigenvalue weighted by Crippen LogP contribution is 2.26. The number of furan rings is 1. The van der Waals surface area contributed by atoms with E-state index in [4.69, 9.17) is 21.3 Å². The van der Waals surface area contributed by atoms with Crippen molar-refractivity contribution >= 4 is 41.2 Å². The average molecular weight is 418 g/mol. The molecular formula is C22H12ClN3O4. The molecule has 1 N–H and O–H groups in total. The lowest BCUT2D eigenvalue weighted by Gasteiger charge is -2.26. The Morgan fingerprint density at radius 3 is 2.33 bits per heavy atom. The number of amides is 4. The molecular weight excluding hydrogens is 406 g/mol.